The number of hydrogen-bond donors (Lipinski definition) is 2. The first-order valence-electron chi connectivity index (χ1n) is 9.22. The van der Waals surface area contributed by atoms with E-state index < -0.39 is 0 Å². The second-order valence-corrected chi connectivity index (χ2v) is 6.82. The van der Waals surface area contributed by atoms with Crippen molar-refractivity contribution in [2.75, 3.05) is 33.2 Å². The lowest BCUT2D eigenvalue weighted by molar-refractivity contribution is 0.201. The molecule has 0 aliphatic carbocycles. The van der Waals surface area contributed by atoms with Gasteiger partial charge in [0, 0.05) is 26.3 Å². The number of nitrogens with one attached hydrogen (secondary N) is 2. The molecule has 0 bridgehead atoms. The van der Waals surface area contributed by atoms with Crippen LogP contribution in [0, 0.1) is 5.92 Å². The Labute approximate surface area is 172 Å². The van der Waals surface area contributed by atoms with Crippen molar-refractivity contribution in [1.29, 1.82) is 0 Å². The second kappa shape index (κ2) is 10.7. The minimum atomic E-state index is 0. The summed E-state index contributed by atoms with van der Waals surface area (Å²) in [5.41, 5.74) is 0.859. The number of likely N-dealkylation sites (tertiary alicyclic amines) is 1. The quantitative estimate of drug-likeness (QED) is 0.384. The van der Waals surface area contributed by atoms with Gasteiger partial charge < -0.3 is 15.5 Å². The molecule has 0 spiro atoms. The number of halogens is 1. The average Bonchev–Trinajstić information content (AvgIpc) is 3.06. The van der Waals surface area contributed by atoms with Crippen molar-refractivity contribution >= 4 is 35.6 Å². The van der Waals surface area contributed by atoms with Crippen LogP contribution in [0.1, 0.15) is 32.0 Å². The van der Waals surface area contributed by atoms with Crippen molar-refractivity contribution in [3.05, 3.63) is 30.2 Å². The summed E-state index contributed by atoms with van der Waals surface area (Å²) in [7, 11) is 1.80. The molecule has 2 aromatic heterocycles. The summed E-state index contributed by atoms with van der Waals surface area (Å²) in [5, 5.41) is 15.2. The van der Waals surface area contributed by atoms with E-state index in [1.165, 1.54) is 32.4 Å². The molecule has 1 unspecified atom stereocenters. The molecular weight excluding hydrogens is 441 g/mol. The summed E-state index contributed by atoms with van der Waals surface area (Å²) in [4.78, 5) is 6.89. The second-order valence-electron chi connectivity index (χ2n) is 6.82. The van der Waals surface area contributed by atoms with Crippen LogP contribution in [-0.4, -0.2) is 58.7 Å². The first-order valence-corrected chi connectivity index (χ1v) is 9.22. The van der Waals surface area contributed by atoms with Crippen molar-refractivity contribution in [2.24, 2.45) is 10.9 Å². The summed E-state index contributed by atoms with van der Waals surface area (Å²) < 4.78 is 1.99. The summed E-state index contributed by atoms with van der Waals surface area (Å²) in [6.45, 7) is 7.44. The normalized spacial score (nSPS) is 16.9. The van der Waals surface area contributed by atoms with Crippen LogP contribution in [0.25, 0.3) is 5.65 Å². The molecule has 8 heteroatoms. The standard InChI is InChI=1S/C18H29N7.HI/c1-15(14-24-9-5-3-6-10-24)12-20-18(19-2)21-13-17-23-22-16-8-4-7-11-25(16)17;/h4,7-8,11,15H,3,5-6,9-10,12-14H2,1-2H3,(H2,19,20,21);1H. The molecule has 1 fully saturated rings. The fourth-order valence-corrected chi connectivity index (χ4v) is 3.31. The summed E-state index contributed by atoms with van der Waals surface area (Å²) >= 11 is 0. The Hall–Kier alpha value is -1.42. The third-order valence-electron chi connectivity index (χ3n) is 4.66. The van der Waals surface area contributed by atoms with Gasteiger partial charge in [-0.2, -0.15) is 0 Å². The van der Waals surface area contributed by atoms with E-state index in [0.717, 1.165) is 30.5 Å². The molecule has 2 aromatic rings. The van der Waals surface area contributed by atoms with Gasteiger partial charge in [0.2, 0.25) is 0 Å². The van der Waals surface area contributed by atoms with Gasteiger partial charge >= 0.3 is 0 Å². The first kappa shape index (κ1) is 20.9. The zero-order chi connectivity index (χ0) is 17.5. The van der Waals surface area contributed by atoms with E-state index in [-0.39, 0.29) is 24.0 Å². The minimum absolute atomic E-state index is 0. The highest BCUT2D eigenvalue weighted by atomic mass is 127. The topological polar surface area (TPSA) is 69.8 Å². The molecule has 26 heavy (non-hydrogen) atoms. The van der Waals surface area contributed by atoms with Crippen LogP contribution in [0.4, 0.5) is 0 Å². The van der Waals surface area contributed by atoms with Crippen molar-refractivity contribution < 1.29 is 0 Å². The van der Waals surface area contributed by atoms with E-state index in [4.69, 9.17) is 0 Å². The van der Waals surface area contributed by atoms with Gasteiger partial charge in [-0.15, -0.1) is 34.2 Å². The summed E-state index contributed by atoms with van der Waals surface area (Å²) in [6.07, 6.45) is 6.05. The summed E-state index contributed by atoms with van der Waals surface area (Å²) in [6, 6.07) is 5.90. The molecular formula is C18H30IN7. The van der Waals surface area contributed by atoms with E-state index >= 15 is 0 Å². The molecule has 2 N–H and O–H groups in total. The van der Waals surface area contributed by atoms with Crippen LogP contribution in [0.3, 0.4) is 0 Å². The van der Waals surface area contributed by atoms with Gasteiger partial charge in [0.1, 0.15) is 0 Å². The fourth-order valence-electron chi connectivity index (χ4n) is 3.31. The Kier molecular flexibility index (Phi) is 8.56. The molecule has 0 aromatic carbocycles. The number of pyridine rings is 1. The van der Waals surface area contributed by atoms with Crippen LogP contribution in [-0.2, 0) is 6.54 Å². The highest BCUT2D eigenvalue weighted by molar-refractivity contribution is 14.0. The maximum absolute atomic E-state index is 4.31. The number of guanidine groups is 1. The Bertz CT molecular complexity index is 694. The molecule has 0 saturated carbocycles. The number of piperidine rings is 1. The maximum Gasteiger partial charge on any atom is 0.191 e. The molecule has 1 saturated heterocycles. The van der Waals surface area contributed by atoms with E-state index in [1.54, 1.807) is 7.05 Å². The Morgan fingerprint density at radius 2 is 2.00 bits per heavy atom. The fraction of sp³-hybridized carbons (Fsp3) is 0.611. The summed E-state index contributed by atoms with van der Waals surface area (Å²) in [5.74, 6) is 2.27. The van der Waals surface area contributed by atoms with Gasteiger partial charge in [0.05, 0.1) is 6.54 Å². The van der Waals surface area contributed by atoms with Crippen molar-refractivity contribution in [3.63, 3.8) is 0 Å². The predicted octanol–water partition coefficient (Wildman–Crippen LogP) is 2.13. The smallest absolute Gasteiger partial charge is 0.191 e. The van der Waals surface area contributed by atoms with Gasteiger partial charge in [-0.1, -0.05) is 19.4 Å². The molecule has 7 nitrogen and oxygen atoms in total. The highest BCUT2D eigenvalue weighted by Gasteiger charge is 2.14. The molecule has 1 aliphatic heterocycles. The monoisotopic (exact) mass is 471 g/mol. The average molecular weight is 471 g/mol. The SMILES string of the molecule is CN=C(NCc1nnc2ccccn12)NCC(C)CN1CCCCC1.I. The lowest BCUT2D eigenvalue weighted by atomic mass is 10.1. The molecule has 0 amide bonds. The molecule has 144 valence electrons. The lowest BCUT2D eigenvalue weighted by Crippen LogP contribution is -2.42. The van der Waals surface area contributed by atoms with Gasteiger partial charge in [-0.05, 0) is 44.0 Å². The Morgan fingerprint density at radius 3 is 2.77 bits per heavy atom. The minimum Gasteiger partial charge on any atom is -0.356 e. The van der Waals surface area contributed by atoms with Crippen molar-refractivity contribution in [2.45, 2.75) is 32.7 Å². The zero-order valence-corrected chi connectivity index (χ0v) is 18.0. The van der Waals surface area contributed by atoms with Gasteiger partial charge in [-0.25, -0.2) is 0 Å². The number of aliphatic imine (C=N–C) groups is 1. The molecule has 1 aliphatic rings. The highest BCUT2D eigenvalue weighted by Crippen LogP contribution is 2.10. The number of fused-ring (bicyclic) bond motifs is 1. The van der Waals surface area contributed by atoms with Crippen LogP contribution in [0.15, 0.2) is 29.4 Å². The largest absolute Gasteiger partial charge is 0.356 e. The van der Waals surface area contributed by atoms with Crippen LogP contribution >= 0.6 is 24.0 Å². The predicted molar refractivity (Wildman–Crippen MR) is 116 cm³/mol. The molecule has 0 radical (unpaired) electrons. The van der Waals surface area contributed by atoms with Crippen molar-refractivity contribution in [3.8, 4) is 0 Å². The maximum atomic E-state index is 4.31. The van der Waals surface area contributed by atoms with Crippen LogP contribution < -0.4 is 10.6 Å². The molecule has 3 heterocycles. The Morgan fingerprint density at radius 1 is 1.19 bits per heavy atom. The van der Waals surface area contributed by atoms with Gasteiger partial charge in [0.25, 0.3) is 0 Å². The van der Waals surface area contributed by atoms with E-state index in [1.807, 2.05) is 28.8 Å². The van der Waals surface area contributed by atoms with E-state index in [2.05, 4.69) is 37.6 Å². The van der Waals surface area contributed by atoms with Crippen molar-refractivity contribution in [1.82, 2.24) is 30.1 Å². The Balaban J connectivity index is 0.00000243. The number of nitrogens with zero attached hydrogens (tertiary/aromatic N) is 5. The van der Waals surface area contributed by atoms with E-state index in [0.29, 0.717) is 12.5 Å². The van der Waals surface area contributed by atoms with E-state index in [9.17, 15) is 0 Å². The third-order valence-corrected chi connectivity index (χ3v) is 4.66. The van der Waals surface area contributed by atoms with Gasteiger partial charge in [-0.3, -0.25) is 9.39 Å². The lowest BCUT2D eigenvalue weighted by Gasteiger charge is -2.29. The molecule has 3 rings (SSSR count). The number of hydrogen-bond acceptors (Lipinski definition) is 4. The third kappa shape index (κ3) is 5.80. The molecule has 1 atom stereocenters. The van der Waals surface area contributed by atoms with Crippen LogP contribution in [0.2, 0.25) is 0 Å². The van der Waals surface area contributed by atoms with Gasteiger partial charge in [0.15, 0.2) is 17.4 Å². The van der Waals surface area contributed by atoms with Crippen LogP contribution in [0.5, 0.6) is 0 Å². The first-order chi connectivity index (χ1) is 12.3. The zero-order valence-electron chi connectivity index (χ0n) is 15.7. The number of aromatic nitrogens is 3. The number of rotatable bonds is 6.